The fourth-order valence-corrected chi connectivity index (χ4v) is 4.56. The fourth-order valence-electron chi connectivity index (χ4n) is 0.740. The SMILES string of the molecule is O=[N+]([O-])Nc1c(I)cc(I)cc1I. The first-order chi connectivity index (χ1) is 6.00. The van der Waals surface area contributed by atoms with E-state index in [9.17, 15) is 10.1 Å². The highest BCUT2D eigenvalue weighted by Gasteiger charge is 2.10. The van der Waals surface area contributed by atoms with Gasteiger partial charge in [-0.2, -0.15) is 0 Å². The predicted octanol–water partition coefficient (Wildman–Crippen LogP) is 3.10. The number of nitro groups is 1. The second-order valence-electron chi connectivity index (χ2n) is 2.11. The quantitative estimate of drug-likeness (QED) is 0.374. The molecular weight excluding hydrogens is 513 g/mol. The third-order valence-corrected chi connectivity index (χ3v) is 3.53. The third kappa shape index (κ3) is 3.34. The van der Waals surface area contributed by atoms with E-state index in [0.717, 1.165) is 10.7 Å². The first kappa shape index (κ1) is 11.7. The van der Waals surface area contributed by atoms with Gasteiger partial charge >= 0.3 is 0 Å². The molecule has 1 rings (SSSR count). The van der Waals surface area contributed by atoms with Gasteiger partial charge in [-0.1, -0.05) is 0 Å². The van der Waals surface area contributed by atoms with Crippen LogP contribution < -0.4 is 5.43 Å². The molecule has 0 aliphatic heterocycles. The van der Waals surface area contributed by atoms with Crippen LogP contribution in [0.15, 0.2) is 12.1 Å². The molecule has 0 aromatic heterocycles. The van der Waals surface area contributed by atoms with Crippen molar-refractivity contribution in [3.63, 3.8) is 0 Å². The Morgan fingerprint density at radius 1 is 1.23 bits per heavy atom. The first-order valence-corrected chi connectivity index (χ1v) is 6.30. The number of hydrogen-bond donors (Lipinski definition) is 1. The summed E-state index contributed by atoms with van der Waals surface area (Å²) in [5, 5.41) is 9.69. The molecule has 0 unspecified atom stereocenters. The van der Waals surface area contributed by atoms with E-state index in [1.54, 1.807) is 0 Å². The second-order valence-corrected chi connectivity index (χ2v) is 5.68. The van der Waals surface area contributed by atoms with Crippen molar-refractivity contribution in [2.75, 3.05) is 5.43 Å². The van der Waals surface area contributed by atoms with E-state index in [0.29, 0.717) is 5.69 Å². The van der Waals surface area contributed by atoms with E-state index >= 15 is 0 Å². The molecule has 13 heavy (non-hydrogen) atoms. The molecule has 0 amide bonds. The number of nitrogens with one attached hydrogen (secondary N) is 1. The van der Waals surface area contributed by atoms with Crippen molar-refractivity contribution in [1.29, 1.82) is 0 Å². The normalized spacial score (nSPS) is 9.77. The molecule has 0 fully saturated rings. The fraction of sp³-hybridized carbons (Fsp3) is 0. The summed E-state index contributed by atoms with van der Waals surface area (Å²) in [6.45, 7) is 0. The molecule has 7 heteroatoms. The Labute approximate surface area is 115 Å². The molecule has 0 bridgehead atoms. The molecule has 1 N–H and O–H groups in total. The smallest absolute Gasteiger partial charge is 0.162 e. The summed E-state index contributed by atoms with van der Waals surface area (Å²) in [6.07, 6.45) is 0. The highest BCUT2D eigenvalue weighted by Crippen LogP contribution is 2.26. The average Bonchev–Trinajstić information content (AvgIpc) is 1.96. The number of hydrogen-bond acceptors (Lipinski definition) is 2. The lowest BCUT2D eigenvalue weighted by Gasteiger charge is -2.04. The van der Waals surface area contributed by atoms with Gasteiger partial charge in [-0.15, -0.1) is 5.43 Å². The number of rotatable bonds is 2. The molecule has 0 spiro atoms. The van der Waals surface area contributed by atoms with Crippen LogP contribution in [0.3, 0.4) is 0 Å². The lowest BCUT2D eigenvalue weighted by Crippen LogP contribution is -2.10. The highest BCUT2D eigenvalue weighted by atomic mass is 127. The summed E-state index contributed by atoms with van der Waals surface area (Å²) < 4.78 is 2.77. The minimum absolute atomic E-state index is 0.549. The van der Waals surface area contributed by atoms with Crippen molar-refractivity contribution in [3.8, 4) is 0 Å². The summed E-state index contributed by atoms with van der Waals surface area (Å²) in [4.78, 5) is 10.2. The van der Waals surface area contributed by atoms with Crippen LogP contribution in [0.5, 0.6) is 0 Å². The van der Waals surface area contributed by atoms with Gasteiger partial charge in [0.15, 0.2) is 5.03 Å². The van der Waals surface area contributed by atoms with Crippen LogP contribution >= 0.6 is 67.8 Å². The van der Waals surface area contributed by atoms with Crippen LogP contribution in [0.2, 0.25) is 0 Å². The van der Waals surface area contributed by atoms with Crippen LogP contribution in [0.4, 0.5) is 5.69 Å². The first-order valence-electron chi connectivity index (χ1n) is 3.06. The number of nitrogens with zero attached hydrogens (tertiary/aromatic N) is 1. The van der Waals surface area contributed by atoms with E-state index in [2.05, 4.69) is 73.2 Å². The van der Waals surface area contributed by atoms with Gasteiger partial charge in [-0.3, -0.25) is 0 Å². The third-order valence-electron chi connectivity index (χ3n) is 1.21. The van der Waals surface area contributed by atoms with Crippen LogP contribution in [0.1, 0.15) is 0 Å². The van der Waals surface area contributed by atoms with Gasteiger partial charge in [0.2, 0.25) is 0 Å². The molecule has 0 saturated carbocycles. The number of benzene rings is 1. The summed E-state index contributed by atoms with van der Waals surface area (Å²) in [6, 6.07) is 3.77. The maximum atomic E-state index is 10.2. The van der Waals surface area contributed by atoms with Gasteiger partial charge in [-0.25, -0.2) is 10.1 Å². The lowest BCUT2D eigenvalue weighted by molar-refractivity contribution is -0.445. The zero-order valence-electron chi connectivity index (χ0n) is 6.05. The molecule has 70 valence electrons. The molecule has 4 nitrogen and oxygen atoms in total. The predicted molar refractivity (Wildman–Crippen MR) is 75.2 cm³/mol. The Morgan fingerprint density at radius 2 is 1.69 bits per heavy atom. The molecule has 0 aliphatic carbocycles. The van der Waals surface area contributed by atoms with Gasteiger partial charge in [0.25, 0.3) is 0 Å². The number of halogens is 3. The monoisotopic (exact) mass is 516 g/mol. The van der Waals surface area contributed by atoms with Crippen LogP contribution in [-0.2, 0) is 0 Å². The molecule has 1 aromatic carbocycles. The van der Waals surface area contributed by atoms with Gasteiger partial charge < -0.3 is 0 Å². The molecule has 1 aromatic rings. The van der Waals surface area contributed by atoms with Crippen molar-refractivity contribution >= 4 is 73.5 Å². The molecular formula is C6H3I3N2O2. The summed E-state index contributed by atoms with van der Waals surface area (Å²) in [7, 11) is 0. The van der Waals surface area contributed by atoms with E-state index in [4.69, 9.17) is 0 Å². The van der Waals surface area contributed by atoms with Gasteiger partial charge in [-0.05, 0) is 79.9 Å². The van der Waals surface area contributed by atoms with Crippen molar-refractivity contribution in [2.24, 2.45) is 0 Å². The van der Waals surface area contributed by atoms with Gasteiger partial charge in [0.05, 0.1) is 0 Å². The second kappa shape index (κ2) is 4.91. The maximum Gasteiger partial charge on any atom is 0.162 e. The maximum absolute atomic E-state index is 10.2. The Kier molecular flexibility index (Phi) is 4.41. The van der Waals surface area contributed by atoms with E-state index in [1.165, 1.54) is 0 Å². The zero-order chi connectivity index (χ0) is 10.0. The number of hydrazine groups is 1. The Hall–Kier alpha value is 0.610. The van der Waals surface area contributed by atoms with Crippen molar-refractivity contribution < 1.29 is 5.03 Å². The molecule has 0 atom stereocenters. The minimum atomic E-state index is -0.549. The molecule has 0 saturated heterocycles. The zero-order valence-corrected chi connectivity index (χ0v) is 12.5. The van der Waals surface area contributed by atoms with E-state index in [-0.39, 0.29) is 0 Å². The molecule has 0 heterocycles. The Bertz CT molecular complexity index is 333. The summed E-state index contributed by atoms with van der Waals surface area (Å²) in [5.74, 6) is 0. The standard InChI is InChI=1S/C6H3I3N2O2/c7-3-1-4(8)6(5(9)2-3)10-11(12)13/h1-2,10H. The molecule has 0 aliphatic rings. The van der Waals surface area contributed by atoms with Crippen molar-refractivity contribution in [1.82, 2.24) is 0 Å². The van der Waals surface area contributed by atoms with Crippen LogP contribution in [0, 0.1) is 20.8 Å². The van der Waals surface area contributed by atoms with E-state index in [1.807, 2.05) is 12.1 Å². The topological polar surface area (TPSA) is 55.2 Å². The van der Waals surface area contributed by atoms with Gasteiger partial charge in [0, 0.05) is 10.7 Å². The highest BCUT2D eigenvalue weighted by molar-refractivity contribution is 14.1. The van der Waals surface area contributed by atoms with Gasteiger partial charge in [0.1, 0.15) is 5.69 Å². The minimum Gasteiger partial charge on any atom is -0.235 e. The number of anilines is 1. The van der Waals surface area contributed by atoms with Crippen LogP contribution in [-0.4, -0.2) is 5.03 Å². The molecule has 0 radical (unpaired) electrons. The summed E-state index contributed by atoms with van der Waals surface area (Å²) >= 11 is 6.31. The Morgan fingerprint density at radius 3 is 2.08 bits per heavy atom. The van der Waals surface area contributed by atoms with Crippen LogP contribution in [0.25, 0.3) is 0 Å². The average molecular weight is 516 g/mol. The van der Waals surface area contributed by atoms with Crippen molar-refractivity contribution in [3.05, 3.63) is 33.0 Å². The lowest BCUT2D eigenvalue weighted by atomic mass is 10.3. The largest absolute Gasteiger partial charge is 0.235 e. The van der Waals surface area contributed by atoms with E-state index < -0.39 is 5.03 Å². The van der Waals surface area contributed by atoms with Crippen molar-refractivity contribution in [2.45, 2.75) is 0 Å². The summed E-state index contributed by atoms with van der Waals surface area (Å²) in [5.41, 5.74) is 2.73. The Balaban J connectivity index is 3.13.